The summed E-state index contributed by atoms with van der Waals surface area (Å²) in [5.41, 5.74) is -5.65. The standard InChI is InChI=1S/C26H39BF4N2O6Si/c1-22(2)23(3,4)39-27(38-22)17-10-11-19(28)18(14-17)24(5)15-36-25(6,26(29,30)31)20(33-24)37-21(34)32-16-35-12-13-40(7,8)9/h10-11,14H,12-13,15-16H2,1-9H3,(H,32,34)/t24-,25+/m0/s1. The van der Waals surface area contributed by atoms with Crippen LogP contribution in [0.25, 0.3) is 0 Å². The van der Waals surface area contributed by atoms with E-state index in [2.05, 4.69) is 30.0 Å². The number of benzene rings is 1. The smallest absolute Gasteiger partial charge is 0.399 e. The summed E-state index contributed by atoms with van der Waals surface area (Å²) < 4.78 is 85.2. The van der Waals surface area contributed by atoms with Crippen LogP contribution in [-0.2, 0) is 29.1 Å². The zero-order chi connectivity index (χ0) is 30.4. The Hall–Kier alpha value is -2.00. The summed E-state index contributed by atoms with van der Waals surface area (Å²) in [5, 5.41) is 2.27. The summed E-state index contributed by atoms with van der Waals surface area (Å²) >= 11 is 0. The molecule has 0 radical (unpaired) electrons. The third-order valence-corrected chi connectivity index (χ3v) is 9.24. The molecule has 0 spiro atoms. The predicted octanol–water partition coefficient (Wildman–Crippen LogP) is 5.13. The number of halogens is 4. The fourth-order valence-corrected chi connectivity index (χ4v) is 4.69. The SMILES string of the molecule is CC1(C)OB(c2ccc(F)c([C@]3(C)CO[C@@](C)(C(F)(F)F)C(OC(=O)NCOCC[Si](C)(C)C)=N3)c2)OC1(C)C. The van der Waals surface area contributed by atoms with Gasteiger partial charge in [-0.25, -0.2) is 14.2 Å². The van der Waals surface area contributed by atoms with Crippen molar-refractivity contribution < 1.29 is 45.9 Å². The maximum Gasteiger partial charge on any atom is 0.494 e. The van der Waals surface area contributed by atoms with Crippen LogP contribution in [0.1, 0.15) is 47.1 Å². The number of rotatable bonds is 7. The molecule has 0 aliphatic carbocycles. The molecule has 1 saturated heterocycles. The van der Waals surface area contributed by atoms with E-state index in [0.717, 1.165) is 6.04 Å². The number of carbonyl (C=O) groups excluding carboxylic acids is 1. The zero-order valence-corrected chi connectivity index (χ0v) is 25.5. The van der Waals surface area contributed by atoms with Gasteiger partial charge < -0.3 is 23.5 Å². The molecule has 1 aromatic rings. The quantitative estimate of drug-likeness (QED) is 0.205. The van der Waals surface area contributed by atoms with Crippen molar-refractivity contribution in [3.63, 3.8) is 0 Å². The highest BCUT2D eigenvalue weighted by Gasteiger charge is 2.62. The Labute approximate surface area is 234 Å². The molecule has 1 amide bonds. The fraction of sp³-hybridized carbons (Fsp3) is 0.692. The van der Waals surface area contributed by atoms with Crippen LogP contribution in [0.3, 0.4) is 0 Å². The minimum Gasteiger partial charge on any atom is -0.399 e. The van der Waals surface area contributed by atoms with Gasteiger partial charge in [-0.15, -0.1) is 0 Å². The number of hydrogen-bond donors (Lipinski definition) is 1. The highest BCUT2D eigenvalue weighted by molar-refractivity contribution is 6.76. The van der Waals surface area contributed by atoms with Gasteiger partial charge in [-0.3, -0.25) is 5.32 Å². The van der Waals surface area contributed by atoms with Gasteiger partial charge in [0.2, 0.25) is 11.5 Å². The Morgan fingerprint density at radius 3 is 2.25 bits per heavy atom. The molecule has 14 heteroatoms. The molecule has 1 fully saturated rings. The monoisotopic (exact) mass is 590 g/mol. The van der Waals surface area contributed by atoms with Crippen molar-refractivity contribution in [2.75, 3.05) is 19.9 Å². The number of alkyl halides is 3. The number of hydrogen-bond acceptors (Lipinski definition) is 7. The van der Waals surface area contributed by atoms with Gasteiger partial charge in [0.05, 0.1) is 17.8 Å². The van der Waals surface area contributed by atoms with Gasteiger partial charge in [-0.05, 0) is 59.1 Å². The summed E-state index contributed by atoms with van der Waals surface area (Å²) in [4.78, 5) is 16.6. The first-order chi connectivity index (χ1) is 18.1. The lowest BCUT2D eigenvalue weighted by atomic mass is 9.76. The van der Waals surface area contributed by atoms with Crippen LogP contribution in [0.5, 0.6) is 0 Å². The largest absolute Gasteiger partial charge is 0.494 e. The lowest BCUT2D eigenvalue weighted by Crippen LogP contribution is -2.58. The summed E-state index contributed by atoms with van der Waals surface area (Å²) in [6, 6.07) is 4.90. The number of nitrogens with zero attached hydrogens (tertiary/aromatic N) is 1. The van der Waals surface area contributed by atoms with Gasteiger partial charge in [-0.2, -0.15) is 13.2 Å². The molecule has 0 unspecified atom stereocenters. The third-order valence-electron chi connectivity index (χ3n) is 7.54. The molecule has 224 valence electrons. The summed E-state index contributed by atoms with van der Waals surface area (Å²) in [6.45, 7) is 15.5. The van der Waals surface area contributed by atoms with E-state index in [-0.39, 0.29) is 12.3 Å². The molecule has 40 heavy (non-hydrogen) atoms. The van der Waals surface area contributed by atoms with E-state index in [9.17, 15) is 18.0 Å². The molecule has 0 aromatic heterocycles. The van der Waals surface area contributed by atoms with Gasteiger partial charge in [-0.1, -0.05) is 31.8 Å². The molecular weight excluding hydrogens is 551 g/mol. The second-order valence-corrected chi connectivity index (χ2v) is 18.4. The Morgan fingerprint density at radius 2 is 1.70 bits per heavy atom. The van der Waals surface area contributed by atoms with Crippen LogP contribution in [0, 0.1) is 5.82 Å². The van der Waals surface area contributed by atoms with E-state index in [1.54, 1.807) is 0 Å². The van der Waals surface area contributed by atoms with Crippen LogP contribution in [0.2, 0.25) is 25.7 Å². The fourth-order valence-electron chi connectivity index (χ4n) is 3.94. The number of ether oxygens (including phenoxy) is 3. The Kier molecular flexibility index (Phi) is 8.95. The first kappa shape index (κ1) is 32.5. The van der Waals surface area contributed by atoms with Crippen LogP contribution in [0.15, 0.2) is 23.2 Å². The molecule has 3 rings (SSSR count). The van der Waals surface area contributed by atoms with E-state index < -0.39 is 68.1 Å². The van der Waals surface area contributed by atoms with Crippen LogP contribution in [0.4, 0.5) is 22.4 Å². The van der Waals surface area contributed by atoms with Gasteiger partial charge in [0.1, 0.15) is 18.1 Å². The predicted molar refractivity (Wildman–Crippen MR) is 146 cm³/mol. The molecular formula is C26H39BF4N2O6Si. The van der Waals surface area contributed by atoms with Crippen molar-refractivity contribution in [2.24, 2.45) is 4.99 Å². The highest BCUT2D eigenvalue weighted by atomic mass is 28.3. The molecule has 0 bridgehead atoms. The number of aliphatic imine (C=N–C) groups is 1. The molecule has 1 aromatic carbocycles. The molecule has 2 heterocycles. The number of carbonyl (C=O) groups is 1. The Morgan fingerprint density at radius 1 is 1.10 bits per heavy atom. The minimum atomic E-state index is -4.98. The normalized spacial score (nSPS) is 26.4. The van der Waals surface area contributed by atoms with Crippen molar-refractivity contribution in [2.45, 2.75) is 95.7 Å². The van der Waals surface area contributed by atoms with Gasteiger partial charge in [0, 0.05) is 20.2 Å². The third kappa shape index (κ3) is 6.89. The van der Waals surface area contributed by atoms with Gasteiger partial charge in [0.15, 0.2) is 0 Å². The van der Waals surface area contributed by atoms with E-state index in [0.29, 0.717) is 19.0 Å². The molecule has 2 atom stereocenters. The van der Waals surface area contributed by atoms with Gasteiger partial charge >= 0.3 is 19.4 Å². The van der Waals surface area contributed by atoms with Crippen LogP contribution < -0.4 is 10.8 Å². The molecule has 1 N–H and O–H groups in total. The first-order valence-electron chi connectivity index (χ1n) is 13.1. The summed E-state index contributed by atoms with van der Waals surface area (Å²) in [7, 11) is -2.21. The lowest BCUT2D eigenvalue weighted by Gasteiger charge is -2.41. The highest BCUT2D eigenvalue weighted by Crippen LogP contribution is 2.43. The Bertz CT molecular complexity index is 1130. The topological polar surface area (TPSA) is 87.6 Å². The maximum atomic E-state index is 15.2. The summed E-state index contributed by atoms with van der Waals surface area (Å²) in [6.07, 6.45) is -6.19. The molecule has 2 aliphatic heterocycles. The van der Waals surface area contributed by atoms with Crippen LogP contribution in [-0.4, -0.2) is 70.1 Å². The van der Waals surface area contributed by atoms with Crippen molar-refractivity contribution in [1.29, 1.82) is 0 Å². The molecule has 8 nitrogen and oxygen atoms in total. The maximum absolute atomic E-state index is 15.2. The molecule has 2 aliphatic rings. The van der Waals surface area contributed by atoms with Crippen molar-refractivity contribution in [3.05, 3.63) is 29.6 Å². The molecule has 0 saturated carbocycles. The van der Waals surface area contributed by atoms with E-state index in [1.165, 1.54) is 25.1 Å². The van der Waals surface area contributed by atoms with E-state index in [1.807, 2.05) is 27.7 Å². The number of amides is 1. The van der Waals surface area contributed by atoms with Crippen molar-refractivity contribution in [3.8, 4) is 0 Å². The zero-order valence-electron chi connectivity index (χ0n) is 24.5. The van der Waals surface area contributed by atoms with Crippen molar-refractivity contribution >= 4 is 32.6 Å². The number of nitrogens with one attached hydrogen (secondary N) is 1. The average Bonchev–Trinajstić information content (AvgIpc) is 3.01. The van der Waals surface area contributed by atoms with E-state index >= 15 is 4.39 Å². The van der Waals surface area contributed by atoms with Gasteiger partial charge in [0.25, 0.3) is 0 Å². The lowest BCUT2D eigenvalue weighted by molar-refractivity contribution is -0.253. The van der Waals surface area contributed by atoms with Crippen molar-refractivity contribution in [1.82, 2.24) is 5.32 Å². The first-order valence-corrected chi connectivity index (χ1v) is 16.8. The average molecular weight is 590 g/mol. The second kappa shape index (κ2) is 11.0. The Balaban J connectivity index is 1.88. The summed E-state index contributed by atoms with van der Waals surface area (Å²) in [5.74, 6) is -1.78. The van der Waals surface area contributed by atoms with Crippen LogP contribution >= 0.6 is 0 Å². The second-order valence-electron chi connectivity index (χ2n) is 12.8. The minimum absolute atomic E-state index is 0.0693. The number of alkyl carbamates (subject to hydrolysis) is 1. The van der Waals surface area contributed by atoms with E-state index in [4.69, 9.17) is 23.5 Å².